The molecule has 3 atom stereocenters. The van der Waals surface area contributed by atoms with E-state index in [1.54, 1.807) is 11.8 Å². The molecule has 0 aliphatic carbocycles. The van der Waals surface area contributed by atoms with Gasteiger partial charge in [0.25, 0.3) is 0 Å². The number of aromatic nitrogens is 3. The van der Waals surface area contributed by atoms with Crippen molar-refractivity contribution >= 4 is 11.8 Å². The lowest BCUT2D eigenvalue weighted by molar-refractivity contribution is -0.245. The monoisotopic (exact) mass is 488 g/mol. The van der Waals surface area contributed by atoms with Crippen LogP contribution in [0.25, 0.3) is 11.1 Å². The number of H-pyrrole nitrogens is 1. The van der Waals surface area contributed by atoms with Gasteiger partial charge in [0.1, 0.15) is 6.33 Å². The van der Waals surface area contributed by atoms with Crippen molar-refractivity contribution in [3.05, 3.63) is 101 Å². The number of aliphatic hydroxyl groups excluding tert-OH is 1. The molecule has 0 amide bonds. The Balaban J connectivity index is 1.40. The summed E-state index contributed by atoms with van der Waals surface area (Å²) in [6.45, 7) is 0.524. The summed E-state index contributed by atoms with van der Waals surface area (Å²) in [7, 11) is 0. The number of nitrogens with zero attached hydrogens (tertiary/aromatic N) is 2. The van der Waals surface area contributed by atoms with Gasteiger partial charge < -0.3 is 20.3 Å². The summed E-state index contributed by atoms with van der Waals surface area (Å²) in [4.78, 5) is 4.21. The van der Waals surface area contributed by atoms with Gasteiger partial charge in [0.2, 0.25) is 0 Å². The number of rotatable bonds is 8. The molecule has 0 unspecified atom stereocenters. The highest BCUT2D eigenvalue weighted by Crippen LogP contribution is 2.40. The minimum Gasteiger partial charge on any atom is -0.392 e. The third-order valence-electron chi connectivity index (χ3n) is 6.07. The molecule has 1 aliphatic heterocycles. The topological polar surface area (TPSA) is 106 Å². The lowest BCUT2D eigenvalue weighted by Crippen LogP contribution is -2.31. The van der Waals surface area contributed by atoms with Crippen LogP contribution in [0.4, 0.5) is 0 Å². The first-order valence-electron chi connectivity index (χ1n) is 11.6. The normalized spacial score (nSPS) is 20.1. The number of ether oxygens (including phenoxy) is 2. The van der Waals surface area contributed by atoms with Crippen LogP contribution in [-0.2, 0) is 22.6 Å². The van der Waals surface area contributed by atoms with E-state index in [2.05, 4.69) is 39.4 Å². The van der Waals surface area contributed by atoms with E-state index in [9.17, 15) is 5.11 Å². The molecule has 0 saturated carbocycles. The highest BCUT2D eigenvalue weighted by molar-refractivity contribution is 7.99. The Hall–Kier alpha value is -3.01. The molecule has 180 valence electrons. The Morgan fingerprint density at radius 2 is 1.74 bits per heavy atom. The molecule has 7 nitrogen and oxygen atoms in total. The fraction of sp³-hybridized carbons (Fsp3) is 0.259. The van der Waals surface area contributed by atoms with Crippen LogP contribution in [-0.4, -0.2) is 32.1 Å². The maximum absolute atomic E-state index is 9.41. The molecular weight excluding hydrogens is 460 g/mol. The van der Waals surface area contributed by atoms with E-state index < -0.39 is 6.29 Å². The van der Waals surface area contributed by atoms with E-state index in [0.29, 0.717) is 13.0 Å². The van der Waals surface area contributed by atoms with E-state index in [-0.39, 0.29) is 18.8 Å². The van der Waals surface area contributed by atoms with Gasteiger partial charge >= 0.3 is 0 Å². The van der Waals surface area contributed by atoms with E-state index in [1.807, 2.05) is 48.5 Å². The van der Waals surface area contributed by atoms with Crippen molar-refractivity contribution in [2.45, 2.75) is 43.2 Å². The number of nitrogens with one attached hydrogen (secondary N) is 1. The minimum atomic E-state index is -0.510. The fourth-order valence-corrected chi connectivity index (χ4v) is 5.00. The van der Waals surface area contributed by atoms with Crippen molar-refractivity contribution in [3.8, 4) is 11.1 Å². The first-order valence-corrected chi connectivity index (χ1v) is 12.6. The third-order valence-corrected chi connectivity index (χ3v) is 7.08. The van der Waals surface area contributed by atoms with Gasteiger partial charge in [0, 0.05) is 24.3 Å². The Morgan fingerprint density at radius 1 is 0.943 bits per heavy atom. The summed E-state index contributed by atoms with van der Waals surface area (Å²) in [5.74, 6) is 0.721. The van der Waals surface area contributed by atoms with Crippen molar-refractivity contribution in [3.63, 3.8) is 0 Å². The van der Waals surface area contributed by atoms with Gasteiger partial charge in [0.05, 0.1) is 18.8 Å². The van der Waals surface area contributed by atoms with E-state index in [1.165, 1.54) is 6.33 Å². The predicted octanol–water partition coefficient (Wildman–Crippen LogP) is 4.76. The lowest BCUT2D eigenvalue weighted by atomic mass is 9.99. The van der Waals surface area contributed by atoms with Crippen LogP contribution in [0, 0.1) is 0 Å². The zero-order valence-electron chi connectivity index (χ0n) is 19.2. The maximum Gasteiger partial charge on any atom is 0.184 e. The first kappa shape index (κ1) is 23.7. The Labute approximate surface area is 208 Å². The van der Waals surface area contributed by atoms with Gasteiger partial charge in [-0.15, -0.1) is 0 Å². The van der Waals surface area contributed by atoms with Crippen molar-refractivity contribution in [2.24, 2.45) is 5.73 Å². The molecule has 1 aliphatic rings. The summed E-state index contributed by atoms with van der Waals surface area (Å²) >= 11 is 1.58. The molecule has 5 rings (SSSR count). The van der Waals surface area contributed by atoms with Gasteiger partial charge in [-0.25, -0.2) is 4.98 Å². The number of aliphatic hydroxyl groups is 1. The van der Waals surface area contributed by atoms with Crippen LogP contribution in [0.5, 0.6) is 0 Å². The van der Waals surface area contributed by atoms with E-state index in [0.717, 1.165) is 44.3 Å². The SMILES string of the molecule is NCc1cccc(-c2cccc([C@@H]3O[C@H](CSc4ncn[nH]4)C[C@H](c4ccc(CO)cc4)O3)c2)c1. The van der Waals surface area contributed by atoms with Crippen LogP contribution in [0.2, 0.25) is 0 Å². The summed E-state index contributed by atoms with van der Waals surface area (Å²) in [6, 6.07) is 24.5. The Kier molecular flexibility index (Phi) is 7.56. The van der Waals surface area contributed by atoms with Crippen LogP contribution < -0.4 is 5.73 Å². The highest BCUT2D eigenvalue weighted by Gasteiger charge is 2.32. The summed E-state index contributed by atoms with van der Waals surface area (Å²) in [5.41, 5.74) is 12.0. The largest absolute Gasteiger partial charge is 0.392 e. The number of aromatic amines is 1. The second-order valence-electron chi connectivity index (χ2n) is 8.48. The van der Waals surface area contributed by atoms with Crippen molar-refractivity contribution < 1.29 is 14.6 Å². The zero-order chi connectivity index (χ0) is 24.0. The molecule has 3 aromatic carbocycles. The molecule has 35 heavy (non-hydrogen) atoms. The van der Waals surface area contributed by atoms with E-state index in [4.69, 9.17) is 15.2 Å². The summed E-state index contributed by atoms with van der Waals surface area (Å²) in [5, 5.41) is 17.0. The van der Waals surface area contributed by atoms with Crippen LogP contribution >= 0.6 is 11.8 Å². The smallest absolute Gasteiger partial charge is 0.184 e. The van der Waals surface area contributed by atoms with Crippen LogP contribution in [0.3, 0.4) is 0 Å². The molecule has 4 N–H and O–H groups in total. The Bertz CT molecular complexity index is 1230. The zero-order valence-corrected chi connectivity index (χ0v) is 20.0. The molecule has 2 heterocycles. The number of thioether (sulfide) groups is 1. The molecule has 0 spiro atoms. The average molecular weight is 489 g/mol. The van der Waals surface area contributed by atoms with Gasteiger partial charge in [-0.2, -0.15) is 5.10 Å². The standard InChI is InChI=1S/C27H28N4O3S/c28-14-19-3-1-4-21(11-19)22-5-2-6-23(12-22)26-33-24(16-35-27-29-17-30-31-27)13-25(34-26)20-9-7-18(15-32)8-10-20/h1-12,17,24-26,32H,13-16,28H2,(H,29,30,31)/t24-,25+,26+/m0/s1. The molecule has 1 aromatic heterocycles. The van der Waals surface area contributed by atoms with E-state index >= 15 is 0 Å². The molecule has 1 fully saturated rings. The third kappa shape index (κ3) is 5.80. The second kappa shape index (κ2) is 11.2. The number of nitrogens with two attached hydrogens (primary N) is 1. The van der Waals surface area contributed by atoms with Gasteiger partial charge in [-0.1, -0.05) is 72.4 Å². The number of hydrogen-bond acceptors (Lipinski definition) is 7. The van der Waals surface area contributed by atoms with Gasteiger partial charge in [-0.3, -0.25) is 5.10 Å². The molecule has 0 bridgehead atoms. The summed E-state index contributed by atoms with van der Waals surface area (Å²) in [6.07, 6.45) is 1.53. The first-order chi connectivity index (χ1) is 17.2. The molecule has 0 radical (unpaired) electrons. The van der Waals surface area contributed by atoms with Gasteiger partial charge in [-0.05, 0) is 39.9 Å². The second-order valence-corrected chi connectivity index (χ2v) is 9.49. The average Bonchev–Trinajstić information content (AvgIpc) is 3.46. The van der Waals surface area contributed by atoms with Crippen molar-refractivity contribution in [1.29, 1.82) is 0 Å². The summed E-state index contributed by atoms with van der Waals surface area (Å²) < 4.78 is 12.9. The quantitative estimate of drug-likeness (QED) is 0.307. The number of hydrogen-bond donors (Lipinski definition) is 3. The van der Waals surface area contributed by atoms with Gasteiger partial charge in [0.15, 0.2) is 11.4 Å². The van der Waals surface area contributed by atoms with Crippen molar-refractivity contribution in [2.75, 3.05) is 5.75 Å². The molecular formula is C27H28N4O3S. The predicted molar refractivity (Wildman–Crippen MR) is 135 cm³/mol. The number of benzene rings is 3. The Morgan fingerprint density at radius 3 is 2.49 bits per heavy atom. The highest BCUT2D eigenvalue weighted by atomic mass is 32.2. The lowest BCUT2D eigenvalue weighted by Gasteiger charge is -2.36. The van der Waals surface area contributed by atoms with Crippen LogP contribution in [0.15, 0.2) is 84.3 Å². The van der Waals surface area contributed by atoms with Crippen LogP contribution in [0.1, 0.15) is 41.1 Å². The van der Waals surface area contributed by atoms with Crippen molar-refractivity contribution in [1.82, 2.24) is 15.2 Å². The minimum absolute atomic E-state index is 0.0200. The fourth-order valence-electron chi connectivity index (χ4n) is 4.20. The molecule has 4 aromatic rings. The maximum atomic E-state index is 9.41. The molecule has 1 saturated heterocycles. The molecule has 8 heteroatoms.